The largest absolute Gasteiger partial charge is 0.380 e. The third-order valence-corrected chi connectivity index (χ3v) is 3.80. The van der Waals surface area contributed by atoms with E-state index in [1.165, 1.54) is 0 Å². The molecule has 2 rings (SSSR count). The van der Waals surface area contributed by atoms with E-state index in [4.69, 9.17) is 4.74 Å². The maximum atomic E-state index is 11.5. The third-order valence-electron chi connectivity index (χ3n) is 2.55. The molecule has 2 aliphatic rings. The van der Waals surface area contributed by atoms with Crippen molar-refractivity contribution in [3.8, 4) is 0 Å². The highest BCUT2D eigenvalue weighted by atomic mass is 32.2. The molecule has 2 saturated heterocycles. The Morgan fingerprint density at radius 2 is 2.45 bits per heavy atom. The average Bonchev–Trinajstić information content (AvgIpc) is 2.46. The number of hydrogen-bond acceptors (Lipinski definition) is 3. The van der Waals surface area contributed by atoms with Crippen LogP contribution in [0.4, 0.5) is 0 Å². The van der Waals surface area contributed by atoms with Gasteiger partial charge in [-0.3, -0.25) is 4.79 Å². The van der Waals surface area contributed by atoms with E-state index in [-0.39, 0.29) is 5.41 Å². The molecule has 2 fully saturated rings. The Morgan fingerprint density at radius 1 is 1.55 bits per heavy atom. The van der Waals surface area contributed by atoms with Gasteiger partial charge in [-0.15, -0.1) is 0 Å². The van der Waals surface area contributed by atoms with Crippen LogP contribution in [0.15, 0.2) is 0 Å². The lowest BCUT2D eigenvalue weighted by atomic mass is 9.81. The molecule has 2 nitrogen and oxygen atoms in total. The van der Waals surface area contributed by atoms with Crippen molar-refractivity contribution in [3.63, 3.8) is 0 Å². The van der Waals surface area contributed by atoms with E-state index in [2.05, 4.69) is 0 Å². The van der Waals surface area contributed by atoms with Crippen molar-refractivity contribution in [2.45, 2.75) is 12.8 Å². The summed E-state index contributed by atoms with van der Waals surface area (Å²) in [6.07, 6.45) is 1.68. The molecule has 2 aliphatic heterocycles. The molecule has 3 heteroatoms. The number of Topliss-reactive ketones (excluding diaryl/α,β-unsaturated/α-hetero) is 1. The SMILES string of the molecule is O=C1CCOCC12CCSC2. The maximum Gasteiger partial charge on any atom is 0.144 e. The van der Waals surface area contributed by atoms with Crippen molar-refractivity contribution in [1.82, 2.24) is 0 Å². The van der Waals surface area contributed by atoms with Crippen molar-refractivity contribution in [2.24, 2.45) is 5.41 Å². The van der Waals surface area contributed by atoms with Gasteiger partial charge in [0.2, 0.25) is 0 Å². The molecule has 1 unspecified atom stereocenters. The summed E-state index contributed by atoms with van der Waals surface area (Å²) in [6, 6.07) is 0. The molecule has 62 valence electrons. The van der Waals surface area contributed by atoms with Crippen LogP contribution >= 0.6 is 11.8 Å². The fourth-order valence-corrected chi connectivity index (χ4v) is 3.18. The van der Waals surface area contributed by atoms with Gasteiger partial charge in [-0.05, 0) is 12.2 Å². The quantitative estimate of drug-likeness (QED) is 0.547. The van der Waals surface area contributed by atoms with E-state index in [1.807, 2.05) is 11.8 Å². The fourth-order valence-electron chi connectivity index (χ4n) is 1.72. The lowest BCUT2D eigenvalue weighted by Gasteiger charge is -2.30. The zero-order chi connectivity index (χ0) is 7.73. The summed E-state index contributed by atoms with van der Waals surface area (Å²) in [5, 5.41) is 0. The van der Waals surface area contributed by atoms with E-state index >= 15 is 0 Å². The van der Waals surface area contributed by atoms with Gasteiger partial charge in [-0.1, -0.05) is 0 Å². The zero-order valence-corrected chi connectivity index (χ0v) is 7.28. The Bertz CT molecular complexity index is 173. The fraction of sp³-hybridized carbons (Fsp3) is 0.875. The summed E-state index contributed by atoms with van der Waals surface area (Å²) in [5.41, 5.74) is -0.0666. The Balaban J connectivity index is 2.13. The predicted molar refractivity (Wildman–Crippen MR) is 44.8 cm³/mol. The second-order valence-electron chi connectivity index (χ2n) is 3.31. The Morgan fingerprint density at radius 3 is 3.09 bits per heavy atom. The maximum absolute atomic E-state index is 11.5. The molecule has 1 spiro atoms. The van der Waals surface area contributed by atoms with E-state index in [1.54, 1.807) is 0 Å². The number of thioether (sulfide) groups is 1. The lowest BCUT2D eigenvalue weighted by molar-refractivity contribution is -0.137. The second-order valence-corrected chi connectivity index (χ2v) is 4.41. The van der Waals surface area contributed by atoms with Crippen LogP contribution < -0.4 is 0 Å². The van der Waals surface area contributed by atoms with Gasteiger partial charge < -0.3 is 4.74 Å². The van der Waals surface area contributed by atoms with Crippen molar-refractivity contribution < 1.29 is 9.53 Å². The van der Waals surface area contributed by atoms with Gasteiger partial charge in [0, 0.05) is 12.2 Å². The molecule has 2 heterocycles. The second kappa shape index (κ2) is 2.79. The van der Waals surface area contributed by atoms with Crippen LogP contribution in [-0.4, -0.2) is 30.5 Å². The third kappa shape index (κ3) is 1.20. The number of rotatable bonds is 0. The minimum absolute atomic E-state index is 0.0666. The summed E-state index contributed by atoms with van der Waals surface area (Å²) in [4.78, 5) is 11.5. The van der Waals surface area contributed by atoms with Gasteiger partial charge in [-0.2, -0.15) is 11.8 Å². The van der Waals surface area contributed by atoms with Crippen LogP contribution in [0.2, 0.25) is 0 Å². The van der Waals surface area contributed by atoms with Gasteiger partial charge >= 0.3 is 0 Å². The molecule has 1 atom stereocenters. The molecule has 0 amide bonds. The van der Waals surface area contributed by atoms with Crippen LogP contribution in [0.25, 0.3) is 0 Å². The van der Waals surface area contributed by atoms with Crippen molar-refractivity contribution in [1.29, 1.82) is 0 Å². The number of carbonyl (C=O) groups is 1. The molecular formula is C8H12O2S. The molecule has 0 radical (unpaired) electrons. The molecule has 0 saturated carbocycles. The van der Waals surface area contributed by atoms with Crippen LogP contribution in [0.5, 0.6) is 0 Å². The Kier molecular flexibility index (Phi) is 1.93. The van der Waals surface area contributed by atoms with Crippen LogP contribution in [0.1, 0.15) is 12.8 Å². The summed E-state index contributed by atoms with van der Waals surface area (Å²) in [7, 11) is 0. The van der Waals surface area contributed by atoms with Crippen LogP contribution in [0, 0.1) is 5.41 Å². The summed E-state index contributed by atoms with van der Waals surface area (Å²) in [6.45, 7) is 1.32. The van der Waals surface area contributed by atoms with Crippen molar-refractivity contribution in [3.05, 3.63) is 0 Å². The zero-order valence-electron chi connectivity index (χ0n) is 6.47. The predicted octanol–water partition coefficient (Wildman–Crippen LogP) is 1.10. The number of carbonyl (C=O) groups excluding carboxylic acids is 1. The van der Waals surface area contributed by atoms with Gasteiger partial charge in [0.05, 0.1) is 18.6 Å². The molecule has 0 aromatic carbocycles. The monoisotopic (exact) mass is 172 g/mol. The minimum atomic E-state index is -0.0666. The summed E-state index contributed by atoms with van der Waals surface area (Å²) in [5.74, 6) is 2.56. The van der Waals surface area contributed by atoms with Crippen molar-refractivity contribution >= 4 is 17.5 Å². The molecule has 11 heavy (non-hydrogen) atoms. The van der Waals surface area contributed by atoms with E-state index in [9.17, 15) is 4.79 Å². The molecule has 0 aromatic heterocycles. The van der Waals surface area contributed by atoms with Gasteiger partial charge in [0.1, 0.15) is 5.78 Å². The summed E-state index contributed by atoms with van der Waals surface area (Å²) >= 11 is 1.88. The highest BCUT2D eigenvalue weighted by molar-refractivity contribution is 7.99. The number of ether oxygens (including phenoxy) is 1. The van der Waals surface area contributed by atoms with E-state index in [0.717, 1.165) is 17.9 Å². The number of hydrogen-bond donors (Lipinski definition) is 0. The van der Waals surface area contributed by atoms with Crippen LogP contribution in [0.3, 0.4) is 0 Å². The first-order valence-corrected chi connectivity index (χ1v) is 5.18. The lowest BCUT2D eigenvalue weighted by Crippen LogP contribution is -2.40. The highest BCUT2D eigenvalue weighted by Gasteiger charge is 2.43. The Labute approximate surface area is 70.7 Å². The smallest absolute Gasteiger partial charge is 0.144 e. The first kappa shape index (κ1) is 7.62. The van der Waals surface area contributed by atoms with Gasteiger partial charge in [-0.25, -0.2) is 0 Å². The first-order valence-electron chi connectivity index (χ1n) is 4.02. The standard InChI is InChI=1S/C8H12O2S/c9-7-1-3-10-5-8(7)2-4-11-6-8/h1-6H2. The van der Waals surface area contributed by atoms with E-state index < -0.39 is 0 Å². The summed E-state index contributed by atoms with van der Waals surface area (Å²) < 4.78 is 5.34. The van der Waals surface area contributed by atoms with Gasteiger partial charge in [0.25, 0.3) is 0 Å². The topological polar surface area (TPSA) is 26.3 Å². The number of ketones is 1. The Hall–Kier alpha value is -0.0200. The van der Waals surface area contributed by atoms with Crippen molar-refractivity contribution in [2.75, 3.05) is 24.7 Å². The normalized spacial score (nSPS) is 38.4. The van der Waals surface area contributed by atoms with E-state index in [0.29, 0.717) is 25.4 Å². The molecule has 0 bridgehead atoms. The molecule has 0 aliphatic carbocycles. The van der Waals surface area contributed by atoms with Gasteiger partial charge in [0.15, 0.2) is 0 Å². The van der Waals surface area contributed by atoms with Crippen LogP contribution in [-0.2, 0) is 9.53 Å². The average molecular weight is 172 g/mol. The minimum Gasteiger partial charge on any atom is -0.380 e. The highest BCUT2D eigenvalue weighted by Crippen LogP contribution is 2.39. The molecular weight excluding hydrogens is 160 g/mol. The molecule has 0 aromatic rings. The first-order chi connectivity index (χ1) is 5.33. The molecule has 0 N–H and O–H groups in total.